The lowest BCUT2D eigenvalue weighted by Gasteiger charge is -2.09. The van der Waals surface area contributed by atoms with E-state index in [1.165, 1.54) is 36.7 Å². The second-order valence-corrected chi connectivity index (χ2v) is 5.58. The summed E-state index contributed by atoms with van der Waals surface area (Å²) < 4.78 is 0. The van der Waals surface area contributed by atoms with Crippen LogP contribution in [0.5, 0.6) is 11.5 Å². The van der Waals surface area contributed by atoms with Crippen LogP contribution in [0.15, 0.2) is 60.9 Å². The van der Waals surface area contributed by atoms with Crippen molar-refractivity contribution in [3.05, 3.63) is 77.9 Å². The van der Waals surface area contributed by atoms with Gasteiger partial charge in [0.2, 0.25) is 0 Å². The van der Waals surface area contributed by atoms with Crippen molar-refractivity contribution >= 4 is 17.5 Å². The number of hydrogen-bond acceptors (Lipinski definition) is 6. The molecule has 3 rings (SSSR count). The van der Waals surface area contributed by atoms with Crippen LogP contribution in [0, 0.1) is 0 Å². The van der Waals surface area contributed by atoms with Gasteiger partial charge in [-0.3, -0.25) is 9.59 Å². The molecule has 0 aliphatic heterocycles. The first-order valence-electron chi connectivity index (χ1n) is 8.01. The monoisotopic (exact) mass is 364 g/mol. The fraction of sp³-hybridized carbons (Fsp3) is 0.0526. The zero-order valence-electron chi connectivity index (χ0n) is 14.1. The molecule has 0 unspecified atom stereocenters. The number of rotatable bonds is 5. The highest BCUT2D eigenvalue weighted by Crippen LogP contribution is 2.17. The van der Waals surface area contributed by atoms with E-state index in [2.05, 4.69) is 20.6 Å². The number of hydrogen-bond donors (Lipinski definition) is 4. The lowest BCUT2D eigenvalue weighted by Crippen LogP contribution is -2.24. The molecule has 0 fully saturated rings. The van der Waals surface area contributed by atoms with Gasteiger partial charge in [0.25, 0.3) is 11.8 Å². The fourth-order valence-corrected chi connectivity index (χ4v) is 2.36. The van der Waals surface area contributed by atoms with Crippen LogP contribution in [-0.4, -0.2) is 32.0 Å². The topological polar surface area (TPSA) is 124 Å². The predicted octanol–water partition coefficient (Wildman–Crippen LogP) is 2.07. The van der Waals surface area contributed by atoms with E-state index in [4.69, 9.17) is 0 Å². The minimum Gasteiger partial charge on any atom is -0.505 e. The van der Waals surface area contributed by atoms with Gasteiger partial charge in [0.05, 0.1) is 0 Å². The van der Waals surface area contributed by atoms with Crippen molar-refractivity contribution in [2.45, 2.75) is 6.54 Å². The zero-order chi connectivity index (χ0) is 19.2. The maximum absolute atomic E-state index is 12.2. The van der Waals surface area contributed by atoms with E-state index < -0.39 is 11.8 Å². The molecule has 0 radical (unpaired) electrons. The van der Waals surface area contributed by atoms with Crippen molar-refractivity contribution in [1.82, 2.24) is 15.3 Å². The Morgan fingerprint density at radius 1 is 0.852 bits per heavy atom. The third-order valence-electron chi connectivity index (χ3n) is 3.64. The van der Waals surface area contributed by atoms with Gasteiger partial charge < -0.3 is 20.8 Å². The summed E-state index contributed by atoms with van der Waals surface area (Å²) in [5.74, 6) is -1.48. The van der Waals surface area contributed by atoms with Crippen molar-refractivity contribution in [3.8, 4) is 11.5 Å². The molecule has 4 N–H and O–H groups in total. The first-order chi connectivity index (χ1) is 13.0. The number of anilines is 1. The number of pyridine rings is 2. The van der Waals surface area contributed by atoms with Crippen molar-refractivity contribution < 1.29 is 19.8 Å². The standard InChI is InChI=1S/C19H16N4O4/c24-14-6-2-8-20-16(14)18(26)22-11-12-4-1-5-13(10-12)23-19(27)17-15(25)7-3-9-21-17/h1-10,24-25H,11H2,(H,22,26)(H,23,27). The normalized spacial score (nSPS) is 10.2. The number of aromatic nitrogens is 2. The van der Waals surface area contributed by atoms with E-state index in [9.17, 15) is 19.8 Å². The molecule has 8 nitrogen and oxygen atoms in total. The molecule has 2 heterocycles. The zero-order valence-corrected chi connectivity index (χ0v) is 14.1. The molecule has 0 saturated heterocycles. The second-order valence-electron chi connectivity index (χ2n) is 5.58. The van der Waals surface area contributed by atoms with Crippen LogP contribution in [0.4, 0.5) is 5.69 Å². The molecular weight excluding hydrogens is 348 g/mol. The SMILES string of the molecule is O=C(NCc1cccc(NC(=O)c2ncccc2O)c1)c1ncccc1O. The Morgan fingerprint density at radius 2 is 1.48 bits per heavy atom. The predicted molar refractivity (Wildman–Crippen MR) is 97.4 cm³/mol. The van der Waals surface area contributed by atoms with E-state index >= 15 is 0 Å². The summed E-state index contributed by atoms with van der Waals surface area (Å²) in [6, 6.07) is 12.6. The van der Waals surface area contributed by atoms with Crippen LogP contribution in [-0.2, 0) is 6.54 Å². The van der Waals surface area contributed by atoms with Crippen molar-refractivity contribution in [3.63, 3.8) is 0 Å². The molecule has 0 aliphatic rings. The van der Waals surface area contributed by atoms with Crippen LogP contribution in [0.3, 0.4) is 0 Å². The van der Waals surface area contributed by atoms with Gasteiger partial charge >= 0.3 is 0 Å². The van der Waals surface area contributed by atoms with Gasteiger partial charge in [-0.1, -0.05) is 12.1 Å². The highest BCUT2D eigenvalue weighted by Gasteiger charge is 2.13. The number of carbonyl (C=O) groups excluding carboxylic acids is 2. The van der Waals surface area contributed by atoms with E-state index in [1.54, 1.807) is 24.3 Å². The minimum atomic E-state index is -0.548. The quantitative estimate of drug-likeness (QED) is 0.549. The fourth-order valence-electron chi connectivity index (χ4n) is 2.36. The molecule has 27 heavy (non-hydrogen) atoms. The van der Waals surface area contributed by atoms with E-state index in [1.807, 2.05) is 0 Å². The Balaban J connectivity index is 1.65. The third-order valence-corrected chi connectivity index (χ3v) is 3.64. The number of nitrogens with one attached hydrogen (secondary N) is 2. The lowest BCUT2D eigenvalue weighted by molar-refractivity contribution is 0.0942. The summed E-state index contributed by atoms with van der Waals surface area (Å²) >= 11 is 0. The van der Waals surface area contributed by atoms with E-state index in [0.29, 0.717) is 5.69 Å². The Bertz CT molecular complexity index is 991. The van der Waals surface area contributed by atoms with Gasteiger partial charge in [-0.15, -0.1) is 0 Å². The summed E-state index contributed by atoms with van der Waals surface area (Å²) in [4.78, 5) is 32.0. The Morgan fingerprint density at radius 3 is 2.11 bits per heavy atom. The molecule has 0 bridgehead atoms. The second kappa shape index (κ2) is 7.96. The average Bonchev–Trinajstić information content (AvgIpc) is 2.67. The Hall–Kier alpha value is -3.94. The number of amides is 2. The van der Waals surface area contributed by atoms with Crippen LogP contribution >= 0.6 is 0 Å². The molecule has 2 amide bonds. The van der Waals surface area contributed by atoms with Crippen molar-refractivity contribution in [1.29, 1.82) is 0 Å². The maximum Gasteiger partial charge on any atom is 0.278 e. The molecule has 0 aliphatic carbocycles. The maximum atomic E-state index is 12.2. The van der Waals surface area contributed by atoms with Crippen LogP contribution < -0.4 is 10.6 Å². The molecular formula is C19H16N4O4. The molecule has 0 atom stereocenters. The van der Waals surface area contributed by atoms with Gasteiger partial charge in [-0.2, -0.15) is 0 Å². The Labute approximate surface area is 154 Å². The molecule has 2 aromatic heterocycles. The summed E-state index contributed by atoms with van der Waals surface area (Å²) in [5, 5.41) is 24.6. The first kappa shape index (κ1) is 17.9. The third kappa shape index (κ3) is 4.37. The summed E-state index contributed by atoms with van der Waals surface area (Å²) in [6.45, 7) is 0.174. The molecule has 136 valence electrons. The van der Waals surface area contributed by atoms with Gasteiger partial charge in [0, 0.05) is 24.6 Å². The lowest BCUT2D eigenvalue weighted by atomic mass is 10.2. The van der Waals surface area contributed by atoms with E-state index in [-0.39, 0.29) is 29.4 Å². The number of benzene rings is 1. The van der Waals surface area contributed by atoms with Gasteiger partial charge in [0.15, 0.2) is 11.4 Å². The molecule has 3 aromatic rings. The molecule has 0 spiro atoms. The largest absolute Gasteiger partial charge is 0.505 e. The summed E-state index contributed by atoms with van der Waals surface area (Å²) in [5.41, 5.74) is 1.06. The van der Waals surface area contributed by atoms with Crippen molar-refractivity contribution in [2.75, 3.05) is 5.32 Å². The Kier molecular flexibility index (Phi) is 5.27. The van der Waals surface area contributed by atoms with Gasteiger partial charge in [-0.25, -0.2) is 9.97 Å². The molecule has 8 heteroatoms. The highest BCUT2D eigenvalue weighted by atomic mass is 16.3. The molecule has 0 saturated carbocycles. The number of aromatic hydroxyl groups is 2. The first-order valence-corrected chi connectivity index (χ1v) is 8.01. The van der Waals surface area contributed by atoms with Crippen LogP contribution in [0.2, 0.25) is 0 Å². The van der Waals surface area contributed by atoms with Gasteiger partial charge in [0.1, 0.15) is 11.5 Å². The highest BCUT2D eigenvalue weighted by molar-refractivity contribution is 6.04. The number of nitrogens with zero attached hydrogens (tertiary/aromatic N) is 2. The smallest absolute Gasteiger partial charge is 0.278 e. The summed E-state index contributed by atoms with van der Waals surface area (Å²) in [7, 11) is 0. The summed E-state index contributed by atoms with van der Waals surface area (Å²) in [6.07, 6.45) is 2.82. The average molecular weight is 364 g/mol. The van der Waals surface area contributed by atoms with Crippen LogP contribution in [0.1, 0.15) is 26.5 Å². The molecule has 1 aromatic carbocycles. The van der Waals surface area contributed by atoms with Crippen LogP contribution in [0.25, 0.3) is 0 Å². The van der Waals surface area contributed by atoms with E-state index in [0.717, 1.165) is 5.56 Å². The van der Waals surface area contributed by atoms with Crippen molar-refractivity contribution in [2.24, 2.45) is 0 Å². The number of carbonyl (C=O) groups is 2. The minimum absolute atomic E-state index is 0.0624. The van der Waals surface area contributed by atoms with Gasteiger partial charge in [-0.05, 0) is 42.0 Å².